The van der Waals surface area contributed by atoms with Crippen LogP contribution in [-0.2, 0) is 11.3 Å². The second-order valence-electron chi connectivity index (χ2n) is 4.01. The van der Waals surface area contributed by atoms with Gasteiger partial charge in [0.1, 0.15) is 12.4 Å². The van der Waals surface area contributed by atoms with Crippen LogP contribution in [0.3, 0.4) is 0 Å². The zero-order valence-corrected chi connectivity index (χ0v) is 11.9. The average Bonchev–Trinajstić information content (AvgIpc) is 2.47. The molecule has 0 N–H and O–H groups in total. The minimum absolute atomic E-state index is 0.0251. The van der Waals surface area contributed by atoms with Crippen molar-refractivity contribution in [1.82, 2.24) is 0 Å². The van der Waals surface area contributed by atoms with Crippen LogP contribution < -0.4 is 0 Å². The van der Waals surface area contributed by atoms with Gasteiger partial charge in [-0.05, 0) is 51.8 Å². The van der Waals surface area contributed by atoms with Gasteiger partial charge in [-0.2, -0.15) is 5.26 Å². The minimum atomic E-state index is -0.626. The molecular formula is C15H9BrFNO2. The van der Waals surface area contributed by atoms with Gasteiger partial charge in [0.05, 0.1) is 17.2 Å². The third-order valence-electron chi connectivity index (χ3n) is 2.57. The molecule has 0 aliphatic carbocycles. The van der Waals surface area contributed by atoms with Crippen LogP contribution in [0.4, 0.5) is 4.39 Å². The normalized spacial score (nSPS) is 9.85. The third-order valence-corrected chi connectivity index (χ3v) is 3.27. The number of halogens is 2. The number of esters is 1. The molecule has 100 valence electrons. The Balaban J connectivity index is 2.09. The number of benzene rings is 2. The van der Waals surface area contributed by atoms with Crippen LogP contribution in [0.15, 0.2) is 46.9 Å². The molecular weight excluding hydrogens is 325 g/mol. The molecule has 0 radical (unpaired) electrons. The zero-order chi connectivity index (χ0) is 14.5. The number of hydrogen-bond donors (Lipinski definition) is 0. The number of rotatable bonds is 3. The second kappa shape index (κ2) is 6.31. The molecule has 2 aromatic carbocycles. The highest BCUT2D eigenvalue weighted by molar-refractivity contribution is 9.10. The predicted octanol–water partition coefficient (Wildman–Crippen LogP) is 3.82. The van der Waals surface area contributed by atoms with Crippen LogP contribution in [0, 0.1) is 17.1 Å². The fourth-order valence-electron chi connectivity index (χ4n) is 1.61. The second-order valence-corrected chi connectivity index (χ2v) is 4.87. The van der Waals surface area contributed by atoms with Crippen molar-refractivity contribution < 1.29 is 13.9 Å². The molecule has 0 saturated carbocycles. The molecule has 0 aromatic heterocycles. The summed E-state index contributed by atoms with van der Waals surface area (Å²) >= 11 is 3.17. The van der Waals surface area contributed by atoms with Crippen molar-refractivity contribution in [1.29, 1.82) is 5.26 Å². The molecule has 0 bridgehead atoms. The SMILES string of the molecule is N#Cc1cccc(COC(=O)c2cc(F)ccc2Br)c1. The summed E-state index contributed by atoms with van der Waals surface area (Å²) in [6.45, 7) is 0.0251. The highest BCUT2D eigenvalue weighted by Gasteiger charge is 2.12. The average molecular weight is 334 g/mol. The van der Waals surface area contributed by atoms with Gasteiger partial charge in [-0.25, -0.2) is 9.18 Å². The molecule has 20 heavy (non-hydrogen) atoms. The van der Waals surface area contributed by atoms with Gasteiger partial charge in [0, 0.05) is 4.47 Å². The van der Waals surface area contributed by atoms with Gasteiger partial charge in [0.15, 0.2) is 0 Å². The van der Waals surface area contributed by atoms with Gasteiger partial charge in [-0.1, -0.05) is 12.1 Å². The molecule has 0 fully saturated rings. The number of carbonyl (C=O) groups excluding carboxylic acids is 1. The van der Waals surface area contributed by atoms with Gasteiger partial charge >= 0.3 is 5.97 Å². The smallest absolute Gasteiger partial charge is 0.339 e. The summed E-state index contributed by atoms with van der Waals surface area (Å²) in [5, 5.41) is 8.78. The summed E-state index contributed by atoms with van der Waals surface area (Å²) in [6, 6.07) is 12.6. The Kier molecular flexibility index (Phi) is 4.49. The van der Waals surface area contributed by atoms with Crippen LogP contribution in [-0.4, -0.2) is 5.97 Å². The summed E-state index contributed by atoms with van der Waals surface area (Å²) in [6.07, 6.45) is 0. The van der Waals surface area contributed by atoms with Gasteiger partial charge in [0.2, 0.25) is 0 Å². The Labute approximate surface area is 123 Å². The fourth-order valence-corrected chi connectivity index (χ4v) is 2.02. The Bertz CT molecular complexity index is 695. The zero-order valence-electron chi connectivity index (χ0n) is 10.3. The highest BCUT2D eigenvalue weighted by Crippen LogP contribution is 2.19. The lowest BCUT2D eigenvalue weighted by molar-refractivity contribution is 0.0471. The Morgan fingerprint density at radius 2 is 2.10 bits per heavy atom. The van der Waals surface area contributed by atoms with Crippen molar-refractivity contribution in [2.75, 3.05) is 0 Å². The Morgan fingerprint density at radius 3 is 2.85 bits per heavy atom. The largest absolute Gasteiger partial charge is 0.457 e. The van der Waals surface area contributed by atoms with Crippen molar-refractivity contribution in [2.24, 2.45) is 0 Å². The van der Waals surface area contributed by atoms with E-state index in [1.165, 1.54) is 12.1 Å². The van der Waals surface area contributed by atoms with E-state index in [2.05, 4.69) is 15.9 Å². The van der Waals surface area contributed by atoms with Crippen LogP contribution >= 0.6 is 15.9 Å². The first-order valence-electron chi connectivity index (χ1n) is 5.71. The monoisotopic (exact) mass is 333 g/mol. The van der Waals surface area contributed by atoms with Gasteiger partial charge in [0.25, 0.3) is 0 Å². The predicted molar refractivity (Wildman–Crippen MR) is 74.4 cm³/mol. The lowest BCUT2D eigenvalue weighted by atomic mass is 10.1. The molecule has 0 atom stereocenters. The first-order chi connectivity index (χ1) is 9.60. The number of nitrogens with zero attached hydrogens (tertiary/aromatic N) is 1. The minimum Gasteiger partial charge on any atom is -0.457 e. The van der Waals surface area contributed by atoms with Crippen LogP contribution in [0.2, 0.25) is 0 Å². The van der Waals surface area contributed by atoms with E-state index >= 15 is 0 Å². The van der Waals surface area contributed by atoms with Crippen molar-refractivity contribution >= 4 is 21.9 Å². The van der Waals surface area contributed by atoms with E-state index in [1.807, 2.05) is 6.07 Å². The number of carbonyl (C=O) groups is 1. The molecule has 0 heterocycles. The number of ether oxygens (including phenoxy) is 1. The van der Waals surface area contributed by atoms with Crippen molar-refractivity contribution in [2.45, 2.75) is 6.61 Å². The van der Waals surface area contributed by atoms with Crippen LogP contribution in [0.1, 0.15) is 21.5 Å². The highest BCUT2D eigenvalue weighted by atomic mass is 79.9. The first kappa shape index (κ1) is 14.2. The van der Waals surface area contributed by atoms with Gasteiger partial charge < -0.3 is 4.74 Å². The molecule has 2 rings (SSSR count). The topological polar surface area (TPSA) is 50.1 Å². The molecule has 3 nitrogen and oxygen atoms in total. The van der Waals surface area contributed by atoms with E-state index in [1.54, 1.807) is 24.3 Å². The van der Waals surface area contributed by atoms with E-state index in [-0.39, 0.29) is 12.2 Å². The Morgan fingerprint density at radius 1 is 1.30 bits per heavy atom. The van der Waals surface area contributed by atoms with E-state index in [0.717, 1.165) is 6.07 Å². The molecule has 0 spiro atoms. The molecule has 0 aliphatic heterocycles. The molecule has 0 aliphatic rings. The van der Waals surface area contributed by atoms with Crippen molar-refractivity contribution in [3.63, 3.8) is 0 Å². The maximum atomic E-state index is 13.1. The van der Waals surface area contributed by atoms with E-state index in [0.29, 0.717) is 15.6 Å². The lowest BCUT2D eigenvalue weighted by Gasteiger charge is -2.07. The molecule has 0 amide bonds. The summed E-state index contributed by atoms with van der Waals surface area (Å²) in [7, 11) is 0. The fraction of sp³-hybridized carbons (Fsp3) is 0.0667. The lowest BCUT2D eigenvalue weighted by Crippen LogP contribution is -2.06. The molecule has 5 heteroatoms. The number of hydrogen-bond acceptors (Lipinski definition) is 3. The number of nitriles is 1. The Hall–Kier alpha value is -2.19. The summed E-state index contributed by atoms with van der Waals surface area (Å²) in [5.74, 6) is -1.13. The maximum absolute atomic E-state index is 13.1. The van der Waals surface area contributed by atoms with Crippen LogP contribution in [0.5, 0.6) is 0 Å². The summed E-state index contributed by atoms with van der Waals surface area (Å²) < 4.78 is 18.7. The summed E-state index contributed by atoms with van der Waals surface area (Å²) in [5.41, 5.74) is 1.32. The van der Waals surface area contributed by atoms with Crippen molar-refractivity contribution in [3.05, 3.63) is 69.4 Å². The van der Waals surface area contributed by atoms with E-state index in [9.17, 15) is 9.18 Å². The summed E-state index contributed by atoms with van der Waals surface area (Å²) in [4.78, 5) is 11.9. The molecule has 2 aromatic rings. The van der Waals surface area contributed by atoms with E-state index < -0.39 is 11.8 Å². The van der Waals surface area contributed by atoms with Gasteiger partial charge in [-0.3, -0.25) is 0 Å². The molecule has 0 unspecified atom stereocenters. The quantitative estimate of drug-likeness (QED) is 0.802. The standard InChI is InChI=1S/C15H9BrFNO2/c16-14-5-4-12(17)7-13(14)15(19)20-9-11-3-1-2-10(6-11)8-18/h1-7H,9H2. The van der Waals surface area contributed by atoms with Crippen LogP contribution in [0.25, 0.3) is 0 Å². The maximum Gasteiger partial charge on any atom is 0.339 e. The van der Waals surface area contributed by atoms with E-state index in [4.69, 9.17) is 10.00 Å². The molecule has 0 saturated heterocycles. The van der Waals surface area contributed by atoms with Gasteiger partial charge in [-0.15, -0.1) is 0 Å². The van der Waals surface area contributed by atoms with Crippen molar-refractivity contribution in [3.8, 4) is 6.07 Å². The first-order valence-corrected chi connectivity index (χ1v) is 6.50. The third kappa shape index (κ3) is 3.43.